The van der Waals surface area contributed by atoms with E-state index in [0.717, 1.165) is 0 Å². The van der Waals surface area contributed by atoms with Gasteiger partial charge in [0.15, 0.2) is 0 Å². The smallest absolute Gasteiger partial charge is 0.251 e. The zero-order chi connectivity index (χ0) is 16.0. The Morgan fingerprint density at radius 2 is 1.81 bits per heavy atom. The molecule has 6 heteroatoms. The highest BCUT2D eigenvalue weighted by Crippen LogP contribution is 2.10. The molecule has 0 aliphatic rings. The highest BCUT2D eigenvalue weighted by atomic mass is 16.3. The van der Waals surface area contributed by atoms with Crippen LogP contribution in [0.4, 0.5) is 5.69 Å². The number of amides is 2. The molecule has 116 valence electrons. The summed E-state index contributed by atoms with van der Waals surface area (Å²) in [4.78, 5) is 24.8. The van der Waals surface area contributed by atoms with Crippen LogP contribution in [0.15, 0.2) is 24.3 Å². The van der Waals surface area contributed by atoms with Crippen LogP contribution in [0.1, 0.15) is 24.2 Å². The fraction of sp³-hybridized carbons (Fsp3) is 0.467. The molecule has 0 fully saturated rings. The van der Waals surface area contributed by atoms with Crippen LogP contribution in [0.5, 0.6) is 0 Å². The van der Waals surface area contributed by atoms with Gasteiger partial charge in [-0.2, -0.15) is 0 Å². The van der Waals surface area contributed by atoms with Crippen molar-refractivity contribution in [1.82, 2.24) is 10.2 Å². The maximum absolute atomic E-state index is 12.0. The number of hydrogen-bond acceptors (Lipinski definition) is 4. The fourth-order valence-corrected chi connectivity index (χ4v) is 2.02. The van der Waals surface area contributed by atoms with Crippen LogP contribution in [-0.4, -0.2) is 54.6 Å². The lowest BCUT2D eigenvalue weighted by Gasteiger charge is -2.27. The predicted octanol–water partition coefficient (Wildman–Crippen LogP) is 0.687. The molecule has 1 aromatic rings. The van der Waals surface area contributed by atoms with E-state index in [2.05, 4.69) is 10.6 Å². The van der Waals surface area contributed by atoms with Crippen LogP contribution >= 0.6 is 0 Å². The summed E-state index contributed by atoms with van der Waals surface area (Å²) in [5, 5.41) is 15.5. The first kappa shape index (κ1) is 17.1. The molecule has 0 aromatic heterocycles. The van der Waals surface area contributed by atoms with Gasteiger partial charge in [0.25, 0.3) is 5.91 Å². The van der Waals surface area contributed by atoms with Crippen LogP contribution in [0.3, 0.4) is 0 Å². The summed E-state index contributed by atoms with van der Waals surface area (Å²) in [5.74, 6) is -0.421. The molecule has 2 amide bonds. The molecule has 1 aromatic carbocycles. The molecule has 0 bridgehead atoms. The van der Waals surface area contributed by atoms with Gasteiger partial charge in [-0.05, 0) is 45.3 Å². The van der Waals surface area contributed by atoms with E-state index >= 15 is 0 Å². The number of hydrogen-bond donors (Lipinski definition) is 3. The van der Waals surface area contributed by atoms with Crippen LogP contribution in [-0.2, 0) is 4.79 Å². The Morgan fingerprint density at radius 1 is 1.24 bits per heavy atom. The molecule has 0 saturated carbocycles. The first-order valence-electron chi connectivity index (χ1n) is 6.72. The number of likely N-dealkylation sites (N-methyl/N-ethyl adjacent to an activating group) is 1. The van der Waals surface area contributed by atoms with Crippen LogP contribution in [0.25, 0.3) is 0 Å². The average molecular weight is 293 g/mol. The number of carbonyl (C=O) groups excluding carboxylic acids is 2. The SMILES string of the molecule is CC(=O)Nc1ccc(C(=O)NCC(C)(O)CN(C)C)cc1. The first-order valence-corrected chi connectivity index (χ1v) is 6.72. The van der Waals surface area contributed by atoms with Gasteiger partial charge >= 0.3 is 0 Å². The summed E-state index contributed by atoms with van der Waals surface area (Å²) in [6.45, 7) is 3.72. The maximum Gasteiger partial charge on any atom is 0.251 e. The maximum atomic E-state index is 12.0. The van der Waals surface area contributed by atoms with E-state index in [0.29, 0.717) is 17.8 Å². The van der Waals surface area contributed by atoms with Gasteiger partial charge in [0.05, 0.1) is 5.60 Å². The van der Waals surface area contributed by atoms with E-state index in [1.807, 2.05) is 19.0 Å². The Kier molecular flexibility index (Phi) is 5.87. The lowest BCUT2D eigenvalue weighted by molar-refractivity contribution is -0.114. The Labute approximate surface area is 125 Å². The fourth-order valence-electron chi connectivity index (χ4n) is 2.02. The topological polar surface area (TPSA) is 81.7 Å². The lowest BCUT2D eigenvalue weighted by atomic mass is 10.1. The summed E-state index contributed by atoms with van der Waals surface area (Å²) in [7, 11) is 3.72. The van der Waals surface area contributed by atoms with Crippen molar-refractivity contribution < 1.29 is 14.7 Å². The predicted molar refractivity (Wildman–Crippen MR) is 82.3 cm³/mol. The summed E-state index contributed by atoms with van der Waals surface area (Å²) >= 11 is 0. The van der Waals surface area contributed by atoms with Crippen molar-refractivity contribution in [2.45, 2.75) is 19.4 Å². The molecular formula is C15H23N3O3. The molecule has 1 atom stereocenters. The number of nitrogens with zero attached hydrogens (tertiary/aromatic N) is 1. The van der Waals surface area contributed by atoms with Gasteiger partial charge in [-0.15, -0.1) is 0 Å². The Morgan fingerprint density at radius 3 is 2.29 bits per heavy atom. The van der Waals surface area contributed by atoms with E-state index in [9.17, 15) is 14.7 Å². The monoisotopic (exact) mass is 293 g/mol. The highest BCUT2D eigenvalue weighted by Gasteiger charge is 2.22. The van der Waals surface area contributed by atoms with Gasteiger partial charge in [0.1, 0.15) is 0 Å². The van der Waals surface area contributed by atoms with Crippen molar-refractivity contribution in [2.24, 2.45) is 0 Å². The minimum Gasteiger partial charge on any atom is -0.387 e. The van der Waals surface area contributed by atoms with Crippen molar-refractivity contribution >= 4 is 17.5 Å². The van der Waals surface area contributed by atoms with E-state index in [1.54, 1.807) is 31.2 Å². The average Bonchev–Trinajstić information content (AvgIpc) is 2.34. The highest BCUT2D eigenvalue weighted by molar-refractivity contribution is 5.95. The molecule has 0 spiro atoms. The number of carbonyl (C=O) groups is 2. The molecule has 21 heavy (non-hydrogen) atoms. The van der Waals surface area contributed by atoms with E-state index in [1.165, 1.54) is 6.92 Å². The third-order valence-electron chi connectivity index (χ3n) is 2.75. The Bertz CT molecular complexity index is 495. The Hall–Kier alpha value is -1.92. The number of anilines is 1. The van der Waals surface area contributed by atoms with Crippen molar-refractivity contribution in [3.05, 3.63) is 29.8 Å². The minimum absolute atomic E-state index is 0.160. The zero-order valence-electron chi connectivity index (χ0n) is 12.9. The first-order chi connectivity index (χ1) is 9.69. The molecule has 0 aliphatic carbocycles. The van der Waals surface area contributed by atoms with E-state index < -0.39 is 5.60 Å². The standard InChI is InChI=1S/C15H23N3O3/c1-11(19)17-13-7-5-12(6-8-13)14(20)16-9-15(2,21)10-18(3)4/h5-8,21H,9-10H2,1-4H3,(H,16,20)(H,17,19). The van der Waals surface area contributed by atoms with E-state index in [-0.39, 0.29) is 18.4 Å². The van der Waals surface area contributed by atoms with Gasteiger partial charge in [-0.1, -0.05) is 0 Å². The van der Waals surface area contributed by atoms with Gasteiger partial charge in [0.2, 0.25) is 5.91 Å². The Balaban J connectivity index is 2.58. The molecule has 1 rings (SSSR count). The van der Waals surface area contributed by atoms with Crippen molar-refractivity contribution in [3.8, 4) is 0 Å². The second-order valence-electron chi connectivity index (χ2n) is 5.68. The summed E-state index contributed by atoms with van der Waals surface area (Å²) < 4.78 is 0. The van der Waals surface area contributed by atoms with Gasteiger partial charge in [-0.3, -0.25) is 9.59 Å². The molecular weight excluding hydrogens is 270 g/mol. The van der Waals surface area contributed by atoms with E-state index in [4.69, 9.17) is 0 Å². The number of aliphatic hydroxyl groups is 1. The summed E-state index contributed by atoms with van der Waals surface area (Å²) in [6, 6.07) is 6.57. The third-order valence-corrected chi connectivity index (χ3v) is 2.75. The van der Waals surface area contributed by atoms with Crippen LogP contribution < -0.4 is 10.6 Å². The van der Waals surface area contributed by atoms with Gasteiger partial charge in [0, 0.05) is 31.3 Å². The van der Waals surface area contributed by atoms with Gasteiger partial charge in [-0.25, -0.2) is 0 Å². The summed E-state index contributed by atoms with van der Waals surface area (Å²) in [6.07, 6.45) is 0. The minimum atomic E-state index is -0.991. The lowest BCUT2D eigenvalue weighted by Crippen LogP contribution is -2.47. The second kappa shape index (κ2) is 7.19. The number of nitrogens with one attached hydrogen (secondary N) is 2. The molecule has 0 heterocycles. The van der Waals surface area contributed by atoms with Crippen molar-refractivity contribution in [3.63, 3.8) is 0 Å². The zero-order valence-corrected chi connectivity index (χ0v) is 12.9. The number of benzene rings is 1. The molecule has 1 unspecified atom stereocenters. The van der Waals surface area contributed by atoms with Crippen LogP contribution in [0.2, 0.25) is 0 Å². The molecule has 3 N–H and O–H groups in total. The number of rotatable bonds is 6. The second-order valence-corrected chi connectivity index (χ2v) is 5.68. The van der Waals surface area contributed by atoms with Crippen molar-refractivity contribution in [1.29, 1.82) is 0 Å². The van der Waals surface area contributed by atoms with Crippen LogP contribution in [0, 0.1) is 0 Å². The third kappa shape index (κ3) is 6.37. The molecule has 0 radical (unpaired) electrons. The van der Waals surface area contributed by atoms with Gasteiger partial charge < -0.3 is 20.6 Å². The molecule has 0 aliphatic heterocycles. The summed E-state index contributed by atoms with van der Waals surface area (Å²) in [5.41, 5.74) is 0.123. The van der Waals surface area contributed by atoms with Crippen molar-refractivity contribution in [2.75, 3.05) is 32.5 Å². The molecule has 0 saturated heterocycles. The largest absolute Gasteiger partial charge is 0.387 e. The normalized spacial score (nSPS) is 13.6. The molecule has 6 nitrogen and oxygen atoms in total. The quantitative estimate of drug-likeness (QED) is 0.720.